The molecular weight excluding hydrogens is 310 g/mol. The summed E-state index contributed by atoms with van der Waals surface area (Å²) in [6.07, 6.45) is -0.404. The molecule has 0 aliphatic heterocycles. The van der Waals surface area contributed by atoms with Gasteiger partial charge in [-0.05, 0) is 32.9 Å². The van der Waals surface area contributed by atoms with Crippen LogP contribution in [-0.2, 0) is 6.54 Å². The predicted octanol–water partition coefficient (Wildman–Crippen LogP) is 2.75. The van der Waals surface area contributed by atoms with Crippen LogP contribution in [-0.4, -0.2) is 40.9 Å². The molecule has 108 valence electrons. The minimum atomic E-state index is -0.404. The summed E-state index contributed by atoms with van der Waals surface area (Å²) in [6, 6.07) is 3.88. The van der Waals surface area contributed by atoms with E-state index in [1.165, 1.54) is 7.11 Å². The van der Waals surface area contributed by atoms with Gasteiger partial charge in [0.25, 0.3) is 0 Å². The number of rotatable bonds is 6. The molecule has 1 aromatic rings. The van der Waals surface area contributed by atoms with Crippen LogP contribution in [0.5, 0.6) is 11.5 Å². The molecule has 0 heterocycles. The first-order chi connectivity index (χ1) is 8.85. The maximum Gasteiger partial charge on any atom is 0.162 e. The quantitative estimate of drug-likeness (QED) is 0.841. The standard InChI is InChI=1S/C14H22BrNO3/c1-9(2)16(7-10(3)17)8-11-5-12(15)6-13(19-4)14(11)18/h5-6,9-10,17-18H,7-8H2,1-4H3. The number of phenols is 1. The molecule has 0 radical (unpaired) electrons. The van der Waals surface area contributed by atoms with Crippen LogP contribution in [0.25, 0.3) is 0 Å². The summed E-state index contributed by atoms with van der Waals surface area (Å²) in [6.45, 7) is 7.01. The molecule has 0 saturated carbocycles. The fraction of sp³-hybridized carbons (Fsp3) is 0.571. The zero-order valence-corrected chi connectivity index (χ0v) is 13.4. The van der Waals surface area contributed by atoms with Crippen LogP contribution in [0.1, 0.15) is 26.3 Å². The molecule has 0 fully saturated rings. The summed E-state index contributed by atoms with van der Waals surface area (Å²) in [5.41, 5.74) is 0.778. The summed E-state index contributed by atoms with van der Waals surface area (Å²) in [7, 11) is 1.53. The van der Waals surface area contributed by atoms with Gasteiger partial charge < -0.3 is 14.9 Å². The molecule has 0 saturated heterocycles. The second kappa shape index (κ2) is 7.12. The number of methoxy groups -OCH3 is 1. The van der Waals surface area contributed by atoms with Crippen molar-refractivity contribution in [3.63, 3.8) is 0 Å². The van der Waals surface area contributed by atoms with Gasteiger partial charge in [-0.1, -0.05) is 15.9 Å². The highest BCUT2D eigenvalue weighted by molar-refractivity contribution is 9.10. The fourth-order valence-corrected chi connectivity index (χ4v) is 2.40. The average molecular weight is 332 g/mol. The van der Waals surface area contributed by atoms with Gasteiger partial charge in [-0.25, -0.2) is 0 Å². The van der Waals surface area contributed by atoms with Crippen molar-refractivity contribution in [2.45, 2.75) is 39.5 Å². The van der Waals surface area contributed by atoms with Gasteiger partial charge in [0.05, 0.1) is 13.2 Å². The van der Waals surface area contributed by atoms with Gasteiger partial charge in [-0.3, -0.25) is 4.90 Å². The van der Waals surface area contributed by atoms with E-state index in [1.807, 2.05) is 6.07 Å². The van der Waals surface area contributed by atoms with Crippen molar-refractivity contribution < 1.29 is 14.9 Å². The van der Waals surface area contributed by atoms with E-state index in [0.29, 0.717) is 18.8 Å². The molecule has 1 rings (SSSR count). The molecular formula is C14H22BrNO3. The Labute approximate surface area is 123 Å². The topological polar surface area (TPSA) is 52.9 Å². The highest BCUT2D eigenvalue weighted by atomic mass is 79.9. The molecule has 0 spiro atoms. The first-order valence-corrected chi connectivity index (χ1v) is 7.12. The van der Waals surface area contributed by atoms with E-state index in [-0.39, 0.29) is 11.8 Å². The number of hydrogen-bond donors (Lipinski definition) is 2. The van der Waals surface area contributed by atoms with Crippen LogP contribution < -0.4 is 4.74 Å². The van der Waals surface area contributed by atoms with E-state index in [9.17, 15) is 10.2 Å². The number of halogens is 1. The Kier molecular flexibility index (Phi) is 6.10. The summed E-state index contributed by atoms with van der Waals surface area (Å²) in [4.78, 5) is 2.10. The van der Waals surface area contributed by atoms with Gasteiger partial charge in [0.2, 0.25) is 0 Å². The van der Waals surface area contributed by atoms with Gasteiger partial charge in [0, 0.05) is 29.2 Å². The molecule has 19 heavy (non-hydrogen) atoms. The molecule has 2 N–H and O–H groups in total. The Bertz CT molecular complexity index is 421. The molecule has 0 bridgehead atoms. The van der Waals surface area contributed by atoms with Crippen molar-refractivity contribution in [2.75, 3.05) is 13.7 Å². The van der Waals surface area contributed by atoms with Gasteiger partial charge in [0.15, 0.2) is 11.5 Å². The Morgan fingerprint density at radius 3 is 2.42 bits per heavy atom. The Hall–Kier alpha value is -0.780. The van der Waals surface area contributed by atoms with E-state index >= 15 is 0 Å². The van der Waals surface area contributed by atoms with Crippen LogP contribution in [0.15, 0.2) is 16.6 Å². The second-order valence-electron chi connectivity index (χ2n) is 4.99. The second-order valence-corrected chi connectivity index (χ2v) is 5.90. The number of benzene rings is 1. The third kappa shape index (κ3) is 4.67. The number of nitrogens with zero attached hydrogens (tertiary/aromatic N) is 1. The summed E-state index contributed by atoms with van der Waals surface area (Å²) in [5, 5.41) is 19.7. The van der Waals surface area contributed by atoms with Crippen molar-refractivity contribution in [1.82, 2.24) is 4.90 Å². The fourth-order valence-electron chi connectivity index (χ4n) is 1.92. The van der Waals surface area contributed by atoms with Gasteiger partial charge in [-0.2, -0.15) is 0 Å². The Morgan fingerprint density at radius 2 is 1.95 bits per heavy atom. The number of aromatic hydroxyl groups is 1. The number of aliphatic hydroxyl groups excluding tert-OH is 1. The minimum absolute atomic E-state index is 0.155. The van der Waals surface area contributed by atoms with Crippen molar-refractivity contribution in [1.29, 1.82) is 0 Å². The molecule has 1 aromatic carbocycles. The number of aliphatic hydroxyl groups is 1. The monoisotopic (exact) mass is 331 g/mol. The van der Waals surface area contributed by atoms with Crippen LogP contribution in [0, 0.1) is 0 Å². The molecule has 0 aliphatic carbocycles. The smallest absolute Gasteiger partial charge is 0.162 e. The van der Waals surface area contributed by atoms with E-state index in [1.54, 1.807) is 13.0 Å². The first-order valence-electron chi connectivity index (χ1n) is 6.32. The average Bonchev–Trinajstić information content (AvgIpc) is 2.31. The van der Waals surface area contributed by atoms with E-state index in [4.69, 9.17) is 4.74 Å². The van der Waals surface area contributed by atoms with Crippen molar-refractivity contribution in [3.8, 4) is 11.5 Å². The highest BCUT2D eigenvalue weighted by Crippen LogP contribution is 2.34. The summed E-state index contributed by atoms with van der Waals surface area (Å²) >= 11 is 3.41. The van der Waals surface area contributed by atoms with Gasteiger partial charge in [-0.15, -0.1) is 0 Å². The van der Waals surface area contributed by atoms with Crippen molar-refractivity contribution in [2.24, 2.45) is 0 Å². The summed E-state index contributed by atoms with van der Waals surface area (Å²) < 4.78 is 6.00. The molecule has 0 aromatic heterocycles. The third-order valence-electron chi connectivity index (χ3n) is 2.94. The van der Waals surface area contributed by atoms with Crippen LogP contribution in [0.3, 0.4) is 0 Å². The molecule has 1 atom stereocenters. The lowest BCUT2D eigenvalue weighted by molar-refractivity contribution is 0.102. The molecule has 5 heteroatoms. The van der Waals surface area contributed by atoms with Crippen LogP contribution in [0.4, 0.5) is 0 Å². The largest absolute Gasteiger partial charge is 0.504 e. The molecule has 4 nitrogen and oxygen atoms in total. The van der Waals surface area contributed by atoms with E-state index in [2.05, 4.69) is 34.7 Å². The zero-order valence-electron chi connectivity index (χ0n) is 11.9. The number of ether oxygens (including phenoxy) is 1. The lowest BCUT2D eigenvalue weighted by atomic mass is 10.1. The first kappa shape index (κ1) is 16.3. The lowest BCUT2D eigenvalue weighted by Crippen LogP contribution is -2.36. The van der Waals surface area contributed by atoms with Gasteiger partial charge >= 0.3 is 0 Å². The van der Waals surface area contributed by atoms with Crippen LogP contribution >= 0.6 is 15.9 Å². The van der Waals surface area contributed by atoms with Crippen molar-refractivity contribution in [3.05, 3.63) is 22.2 Å². The minimum Gasteiger partial charge on any atom is -0.504 e. The lowest BCUT2D eigenvalue weighted by Gasteiger charge is -2.28. The maximum absolute atomic E-state index is 10.1. The Balaban J connectivity index is 2.99. The summed E-state index contributed by atoms with van der Waals surface area (Å²) in [5.74, 6) is 0.604. The maximum atomic E-state index is 10.1. The Morgan fingerprint density at radius 1 is 1.32 bits per heavy atom. The number of hydrogen-bond acceptors (Lipinski definition) is 4. The molecule has 1 unspecified atom stereocenters. The molecule has 0 amide bonds. The molecule has 0 aliphatic rings. The van der Waals surface area contributed by atoms with E-state index in [0.717, 1.165) is 10.0 Å². The normalized spacial score (nSPS) is 13.1. The van der Waals surface area contributed by atoms with Crippen LogP contribution in [0.2, 0.25) is 0 Å². The highest BCUT2D eigenvalue weighted by Gasteiger charge is 2.17. The predicted molar refractivity (Wildman–Crippen MR) is 79.6 cm³/mol. The van der Waals surface area contributed by atoms with Gasteiger partial charge in [0.1, 0.15) is 0 Å². The SMILES string of the molecule is COc1cc(Br)cc(CN(CC(C)O)C(C)C)c1O. The van der Waals surface area contributed by atoms with E-state index < -0.39 is 6.10 Å². The van der Waals surface area contributed by atoms with Crippen molar-refractivity contribution >= 4 is 15.9 Å². The third-order valence-corrected chi connectivity index (χ3v) is 3.40. The number of phenolic OH excluding ortho intramolecular Hbond substituents is 1. The zero-order chi connectivity index (χ0) is 14.6.